The van der Waals surface area contributed by atoms with Crippen LogP contribution in [0.15, 0.2) is 42.5 Å². The number of imidazole rings is 1. The van der Waals surface area contributed by atoms with Crippen LogP contribution in [0, 0.1) is 12.8 Å². The van der Waals surface area contributed by atoms with Gasteiger partial charge in [0.25, 0.3) is 0 Å². The molecule has 4 nitrogen and oxygen atoms in total. The lowest BCUT2D eigenvalue weighted by Crippen LogP contribution is -2.26. The molecule has 1 aliphatic carbocycles. The van der Waals surface area contributed by atoms with Gasteiger partial charge in [0.15, 0.2) is 0 Å². The van der Waals surface area contributed by atoms with Crippen molar-refractivity contribution in [3.8, 4) is 5.75 Å². The average Bonchev–Trinajstić information content (AvgIpc) is 2.97. The number of fused-ring (bicyclic) bond motifs is 1. The zero-order chi connectivity index (χ0) is 19.7. The van der Waals surface area contributed by atoms with Gasteiger partial charge in [-0.3, -0.25) is 4.79 Å². The van der Waals surface area contributed by atoms with Crippen LogP contribution in [0.5, 0.6) is 5.75 Å². The number of rotatable bonds is 5. The highest BCUT2D eigenvalue weighted by molar-refractivity contribution is 5.78. The van der Waals surface area contributed by atoms with E-state index in [4.69, 9.17) is 9.72 Å². The van der Waals surface area contributed by atoms with Crippen molar-refractivity contribution in [2.45, 2.75) is 52.1 Å². The predicted molar refractivity (Wildman–Crippen MR) is 112 cm³/mol. The number of ether oxygens (including phenoxy) is 1. The molecule has 0 atom stereocenters. The van der Waals surface area contributed by atoms with Crippen molar-refractivity contribution in [3.63, 3.8) is 0 Å². The molecule has 0 amide bonds. The normalized spacial score (nSPS) is 19.7. The van der Waals surface area contributed by atoms with Crippen LogP contribution in [0.4, 0.5) is 0 Å². The summed E-state index contributed by atoms with van der Waals surface area (Å²) in [5, 5.41) is 0. The van der Waals surface area contributed by atoms with Gasteiger partial charge in [-0.05, 0) is 57.2 Å². The molecule has 0 N–H and O–H groups in total. The maximum atomic E-state index is 11.5. The second-order valence-electron chi connectivity index (χ2n) is 8.11. The molecule has 146 valence electrons. The Balaban J connectivity index is 1.49. The lowest BCUT2D eigenvalue weighted by Gasteiger charge is -2.27. The Kier molecular flexibility index (Phi) is 5.21. The minimum absolute atomic E-state index is 0.198. The number of carbonyl (C=O) groups excluding carboxylic acids is 1. The van der Waals surface area contributed by atoms with E-state index in [1.165, 1.54) is 11.1 Å². The van der Waals surface area contributed by atoms with Gasteiger partial charge in [0, 0.05) is 25.5 Å². The summed E-state index contributed by atoms with van der Waals surface area (Å²) >= 11 is 0. The molecule has 0 bridgehead atoms. The molecular formula is C24H28N2O2. The monoisotopic (exact) mass is 376 g/mol. The van der Waals surface area contributed by atoms with Gasteiger partial charge in [-0.2, -0.15) is 0 Å². The van der Waals surface area contributed by atoms with E-state index in [2.05, 4.69) is 48.9 Å². The fourth-order valence-corrected chi connectivity index (χ4v) is 4.25. The summed E-state index contributed by atoms with van der Waals surface area (Å²) in [6, 6.07) is 14.8. The summed E-state index contributed by atoms with van der Waals surface area (Å²) in [6.07, 6.45) is 4.78. The third kappa shape index (κ3) is 3.96. The molecule has 0 aliphatic heterocycles. The number of aromatic nitrogens is 2. The first-order valence-corrected chi connectivity index (χ1v) is 10.2. The van der Waals surface area contributed by atoms with Gasteiger partial charge in [0.1, 0.15) is 17.4 Å². The Hall–Kier alpha value is -2.62. The Labute approximate surface area is 166 Å². The van der Waals surface area contributed by atoms with Crippen LogP contribution in [0.25, 0.3) is 11.0 Å². The van der Waals surface area contributed by atoms with Crippen LogP contribution < -0.4 is 4.74 Å². The van der Waals surface area contributed by atoms with Crippen LogP contribution in [-0.4, -0.2) is 21.4 Å². The van der Waals surface area contributed by atoms with Crippen LogP contribution in [0.1, 0.15) is 49.6 Å². The molecule has 1 aliphatic rings. The van der Waals surface area contributed by atoms with Gasteiger partial charge in [-0.1, -0.05) is 29.8 Å². The fourth-order valence-electron chi connectivity index (χ4n) is 4.25. The SMILES string of the molecule is CC(=O)C1CCC(Oc2ccc3c(c2)nc(Cc2cccc(C)c2)n3C)CC1. The molecule has 1 fully saturated rings. The van der Waals surface area contributed by atoms with E-state index in [0.717, 1.165) is 54.7 Å². The minimum Gasteiger partial charge on any atom is -0.490 e. The summed E-state index contributed by atoms with van der Waals surface area (Å²) < 4.78 is 8.38. The third-order valence-electron chi connectivity index (χ3n) is 5.94. The quantitative estimate of drug-likeness (QED) is 0.629. The summed E-state index contributed by atoms with van der Waals surface area (Å²) in [5.74, 6) is 2.47. The topological polar surface area (TPSA) is 44.1 Å². The molecule has 0 saturated heterocycles. The molecule has 0 unspecified atom stereocenters. The number of Topliss-reactive ketones (excluding diaryl/α,β-unsaturated/α-hetero) is 1. The van der Waals surface area contributed by atoms with Gasteiger partial charge in [-0.25, -0.2) is 4.98 Å². The van der Waals surface area contributed by atoms with Crippen molar-refractivity contribution in [1.29, 1.82) is 0 Å². The van der Waals surface area contributed by atoms with E-state index >= 15 is 0 Å². The van der Waals surface area contributed by atoms with Crippen molar-refractivity contribution in [2.24, 2.45) is 13.0 Å². The maximum absolute atomic E-state index is 11.5. The van der Waals surface area contributed by atoms with E-state index < -0.39 is 0 Å². The van der Waals surface area contributed by atoms with Crippen molar-refractivity contribution < 1.29 is 9.53 Å². The average molecular weight is 377 g/mol. The standard InChI is InChI=1S/C24H28N2O2/c1-16-5-4-6-18(13-16)14-24-25-22-15-21(11-12-23(22)26(24)3)28-20-9-7-19(8-10-20)17(2)27/h4-6,11-13,15,19-20H,7-10,14H2,1-3H3. The number of hydrogen-bond acceptors (Lipinski definition) is 3. The first kappa shape index (κ1) is 18.7. The number of benzene rings is 2. The smallest absolute Gasteiger partial charge is 0.132 e. The molecule has 1 aromatic heterocycles. The summed E-state index contributed by atoms with van der Waals surface area (Å²) in [6.45, 7) is 3.82. The lowest BCUT2D eigenvalue weighted by atomic mass is 9.85. The van der Waals surface area contributed by atoms with Gasteiger partial charge in [0.2, 0.25) is 0 Å². The largest absolute Gasteiger partial charge is 0.490 e. The first-order valence-electron chi connectivity index (χ1n) is 10.2. The van der Waals surface area contributed by atoms with E-state index in [1.807, 2.05) is 12.1 Å². The molecule has 4 rings (SSSR count). The number of carbonyl (C=O) groups is 1. The highest BCUT2D eigenvalue weighted by atomic mass is 16.5. The van der Waals surface area contributed by atoms with Crippen molar-refractivity contribution in [3.05, 3.63) is 59.4 Å². The van der Waals surface area contributed by atoms with E-state index in [9.17, 15) is 4.79 Å². The third-order valence-corrected chi connectivity index (χ3v) is 5.94. The molecular weight excluding hydrogens is 348 g/mol. The van der Waals surface area contributed by atoms with Gasteiger partial charge in [-0.15, -0.1) is 0 Å². The Bertz CT molecular complexity index is 997. The zero-order valence-corrected chi connectivity index (χ0v) is 16.9. The highest BCUT2D eigenvalue weighted by Gasteiger charge is 2.25. The van der Waals surface area contributed by atoms with Crippen LogP contribution in [0.2, 0.25) is 0 Å². The van der Waals surface area contributed by atoms with Crippen molar-refractivity contribution in [2.75, 3.05) is 0 Å². The Morgan fingerprint density at radius 1 is 1.14 bits per heavy atom. The van der Waals surface area contributed by atoms with Gasteiger partial charge in [0.05, 0.1) is 17.1 Å². The van der Waals surface area contributed by atoms with Crippen LogP contribution in [-0.2, 0) is 18.3 Å². The highest BCUT2D eigenvalue weighted by Crippen LogP contribution is 2.29. The zero-order valence-electron chi connectivity index (χ0n) is 16.9. The maximum Gasteiger partial charge on any atom is 0.132 e. The molecule has 28 heavy (non-hydrogen) atoms. The second kappa shape index (κ2) is 7.78. The minimum atomic E-state index is 0.198. The molecule has 4 heteroatoms. The first-order chi connectivity index (χ1) is 13.5. The van der Waals surface area contributed by atoms with Crippen LogP contribution >= 0.6 is 0 Å². The second-order valence-corrected chi connectivity index (χ2v) is 8.11. The Morgan fingerprint density at radius 3 is 2.64 bits per heavy atom. The van der Waals surface area contributed by atoms with E-state index in [0.29, 0.717) is 5.78 Å². The number of hydrogen-bond donors (Lipinski definition) is 0. The predicted octanol–water partition coefficient (Wildman–Crippen LogP) is 5.00. The van der Waals surface area contributed by atoms with Crippen molar-refractivity contribution in [1.82, 2.24) is 9.55 Å². The molecule has 3 aromatic rings. The summed E-state index contributed by atoms with van der Waals surface area (Å²) in [7, 11) is 2.07. The molecule has 1 heterocycles. The van der Waals surface area contributed by atoms with Gasteiger partial charge < -0.3 is 9.30 Å². The van der Waals surface area contributed by atoms with Crippen molar-refractivity contribution >= 4 is 16.8 Å². The number of ketones is 1. The molecule has 1 saturated carbocycles. The van der Waals surface area contributed by atoms with E-state index in [1.54, 1.807) is 6.92 Å². The fraction of sp³-hybridized carbons (Fsp3) is 0.417. The van der Waals surface area contributed by atoms with E-state index in [-0.39, 0.29) is 12.0 Å². The molecule has 0 radical (unpaired) electrons. The van der Waals surface area contributed by atoms with Crippen LogP contribution in [0.3, 0.4) is 0 Å². The summed E-state index contributed by atoms with van der Waals surface area (Å²) in [4.78, 5) is 16.4. The lowest BCUT2D eigenvalue weighted by molar-refractivity contribution is -0.122. The molecule has 2 aromatic carbocycles. The van der Waals surface area contributed by atoms with Gasteiger partial charge >= 0.3 is 0 Å². The number of nitrogens with zero attached hydrogens (tertiary/aromatic N) is 2. The Morgan fingerprint density at radius 2 is 1.93 bits per heavy atom. The summed E-state index contributed by atoms with van der Waals surface area (Å²) in [5.41, 5.74) is 4.64. The molecule has 0 spiro atoms. The number of aryl methyl sites for hydroxylation is 2.